The van der Waals surface area contributed by atoms with Crippen molar-refractivity contribution in [2.75, 3.05) is 13.6 Å². The van der Waals surface area contributed by atoms with Gasteiger partial charge in [0, 0.05) is 5.56 Å². The Labute approximate surface area is 91.7 Å². The van der Waals surface area contributed by atoms with Crippen LogP contribution in [0.15, 0.2) is 6.07 Å². The number of ketones is 1. The summed E-state index contributed by atoms with van der Waals surface area (Å²) in [7, 11) is 1.80. The van der Waals surface area contributed by atoms with Crippen LogP contribution in [0, 0.1) is 27.7 Å². The minimum atomic E-state index is 0.180. The fourth-order valence-electron chi connectivity index (χ4n) is 1.88. The van der Waals surface area contributed by atoms with Crippen LogP contribution < -0.4 is 5.32 Å². The number of rotatable bonds is 3. The van der Waals surface area contributed by atoms with E-state index in [0.717, 1.165) is 16.7 Å². The van der Waals surface area contributed by atoms with Gasteiger partial charge in [0.25, 0.3) is 0 Å². The van der Waals surface area contributed by atoms with E-state index in [1.165, 1.54) is 11.1 Å². The second-order valence-electron chi connectivity index (χ2n) is 4.09. The number of carbonyl (C=O) groups is 1. The zero-order valence-electron chi connectivity index (χ0n) is 10.2. The third-order valence-corrected chi connectivity index (χ3v) is 2.98. The molecule has 0 heterocycles. The van der Waals surface area contributed by atoms with Gasteiger partial charge in [-0.15, -0.1) is 0 Å². The van der Waals surface area contributed by atoms with Gasteiger partial charge in [-0.1, -0.05) is 6.07 Å². The summed E-state index contributed by atoms with van der Waals surface area (Å²) >= 11 is 0. The van der Waals surface area contributed by atoms with Crippen molar-refractivity contribution in [1.82, 2.24) is 5.32 Å². The predicted molar refractivity (Wildman–Crippen MR) is 63.6 cm³/mol. The lowest BCUT2D eigenvalue weighted by atomic mass is 9.92. The highest BCUT2D eigenvalue weighted by Gasteiger charge is 2.14. The van der Waals surface area contributed by atoms with Crippen LogP contribution in [0.25, 0.3) is 0 Å². The van der Waals surface area contributed by atoms with Gasteiger partial charge in [-0.05, 0) is 57.0 Å². The van der Waals surface area contributed by atoms with Gasteiger partial charge in [-0.2, -0.15) is 0 Å². The number of carbonyl (C=O) groups excluding carboxylic acids is 1. The molecule has 2 nitrogen and oxygen atoms in total. The smallest absolute Gasteiger partial charge is 0.177 e. The van der Waals surface area contributed by atoms with Crippen molar-refractivity contribution in [1.29, 1.82) is 0 Å². The Kier molecular flexibility index (Phi) is 3.64. The Morgan fingerprint density at radius 2 is 1.60 bits per heavy atom. The van der Waals surface area contributed by atoms with Crippen LogP contribution in [0.5, 0.6) is 0 Å². The number of hydrogen-bond donors (Lipinski definition) is 1. The Bertz CT molecular complexity index is 368. The minimum Gasteiger partial charge on any atom is -0.313 e. The second kappa shape index (κ2) is 4.58. The van der Waals surface area contributed by atoms with Crippen molar-refractivity contribution < 1.29 is 4.79 Å². The maximum absolute atomic E-state index is 11.9. The van der Waals surface area contributed by atoms with E-state index in [1.54, 1.807) is 7.05 Å². The van der Waals surface area contributed by atoms with Gasteiger partial charge in [-0.25, -0.2) is 0 Å². The summed E-state index contributed by atoms with van der Waals surface area (Å²) < 4.78 is 0. The van der Waals surface area contributed by atoms with E-state index in [4.69, 9.17) is 0 Å². The molecule has 0 fully saturated rings. The molecule has 0 bridgehead atoms. The van der Waals surface area contributed by atoms with Crippen LogP contribution in [0.2, 0.25) is 0 Å². The highest BCUT2D eigenvalue weighted by atomic mass is 16.1. The Hall–Kier alpha value is -1.15. The number of benzene rings is 1. The zero-order valence-corrected chi connectivity index (χ0v) is 10.2. The Balaban J connectivity index is 3.32. The fraction of sp³-hybridized carbons (Fsp3) is 0.462. The van der Waals surface area contributed by atoms with E-state index in [9.17, 15) is 4.79 Å². The largest absolute Gasteiger partial charge is 0.313 e. The molecular weight excluding hydrogens is 186 g/mol. The van der Waals surface area contributed by atoms with E-state index in [1.807, 2.05) is 13.8 Å². The lowest BCUT2D eigenvalue weighted by molar-refractivity contribution is 0.0992. The zero-order chi connectivity index (χ0) is 11.6. The van der Waals surface area contributed by atoms with Gasteiger partial charge in [0.2, 0.25) is 0 Å². The van der Waals surface area contributed by atoms with Gasteiger partial charge in [0.15, 0.2) is 5.78 Å². The van der Waals surface area contributed by atoms with Crippen LogP contribution >= 0.6 is 0 Å². The predicted octanol–water partition coefficient (Wildman–Crippen LogP) is 2.32. The summed E-state index contributed by atoms with van der Waals surface area (Å²) in [5.74, 6) is 0.180. The maximum atomic E-state index is 11.9. The first-order valence-corrected chi connectivity index (χ1v) is 5.24. The third kappa shape index (κ3) is 2.26. The first-order chi connectivity index (χ1) is 6.99. The highest BCUT2D eigenvalue weighted by Crippen LogP contribution is 2.21. The quantitative estimate of drug-likeness (QED) is 0.767. The first kappa shape index (κ1) is 11.9. The van der Waals surface area contributed by atoms with E-state index in [2.05, 4.69) is 25.2 Å². The van der Waals surface area contributed by atoms with E-state index in [-0.39, 0.29) is 5.78 Å². The summed E-state index contributed by atoms with van der Waals surface area (Å²) in [4.78, 5) is 11.9. The Morgan fingerprint density at radius 1 is 1.13 bits per heavy atom. The number of likely N-dealkylation sites (N-methyl/N-ethyl adjacent to an activating group) is 1. The second-order valence-corrected chi connectivity index (χ2v) is 4.09. The monoisotopic (exact) mass is 205 g/mol. The average molecular weight is 205 g/mol. The molecule has 0 unspecified atom stereocenters. The lowest BCUT2D eigenvalue weighted by Crippen LogP contribution is -2.21. The molecule has 1 aromatic carbocycles. The van der Waals surface area contributed by atoms with Crippen LogP contribution in [0.1, 0.15) is 32.6 Å². The van der Waals surface area contributed by atoms with Crippen molar-refractivity contribution in [3.63, 3.8) is 0 Å². The van der Waals surface area contributed by atoms with Crippen LogP contribution in [0.3, 0.4) is 0 Å². The first-order valence-electron chi connectivity index (χ1n) is 5.24. The SMILES string of the molecule is CNCC(=O)c1c(C)c(C)cc(C)c1C. The minimum absolute atomic E-state index is 0.180. The van der Waals surface area contributed by atoms with Crippen LogP contribution in [0.4, 0.5) is 0 Å². The van der Waals surface area contributed by atoms with Gasteiger partial charge in [-0.3, -0.25) is 4.79 Å². The Morgan fingerprint density at radius 3 is 2.00 bits per heavy atom. The van der Waals surface area contributed by atoms with Crippen molar-refractivity contribution in [3.05, 3.63) is 33.9 Å². The number of hydrogen-bond acceptors (Lipinski definition) is 2. The van der Waals surface area contributed by atoms with Crippen molar-refractivity contribution >= 4 is 5.78 Å². The van der Waals surface area contributed by atoms with E-state index < -0.39 is 0 Å². The molecule has 0 amide bonds. The van der Waals surface area contributed by atoms with Gasteiger partial charge in [0.1, 0.15) is 0 Å². The summed E-state index contributed by atoms with van der Waals surface area (Å²) in [6.07, 6.45) is 0. The van der Waals surface area contributed by atoms with E-state index >= 15 is 0 Å². The molecule has 0 aliphatic rings. The number of nitrogens with one attached hydrogen (secondary N) is 1. The van der Waals surface area contributed by atoms with Crippen LogP contribution in [-0.4, -0.2) is 19.4 Å². The molecule has 1 rings (SSSR count). The highest BCUT2D eigenvalue weighted by molar-refractivity contribution is 6.00. The molecular formula is C13H19NO. The molecule has 2 heteroatoms. The molecule has 0 saturated heterocycles. The average Bonchev–Trinajstić information content (AvgIpc) is 2.16. The van der Waals surface area contributed by atoms with Crippen LogP contribution in [-0.2, 0) is 0 Å². The van der Waals surface area contributed by atoms with Gasteiger partial charge < -0.3 is 5.32 Å². The molecule has 0 spiro atoms. The molecule has 0 aliphatic heterocycles. The normalized spacial score (nSPS) is 10.5. The molecule has 0 saturated carbocycles. The standard InChI is InChI=1S/C13H19NO/c1-8-6-9(2)11(4)13(10(8)3)12(15)7-14-5/h6,14H,7H2,1-5H3. The summed E-state index contributed by atoms with van der Waals surface area (Å²) in [5, 5.41) is 2.91. The molecule has 0 radical (unpaired) electrons. The summed E-state index contributed by atoms with van der Waals surface area (Å²) in [6.45, 7) is 8.55. The summed E-state index contributed by atoms with van der Waals surface area (Å²) in [6, 6.07) is 2.14. The third-order valence-electron chi connectivity index (χ3n) is 2.98. The lowest BCUT2D eigenvalue weighted by Gasteiger charge is -2.14. The molecule has 0 aliphatic carbocycles. The van der Waals surface area contributed by atoms with Gasteiger partial charge >= 0.3 is 0 Å². The molecule has 82 valence electrons. The van der Waals surface area contributed by atoms with Crippen molar-refractivity contribution in [2.24, 2.45) is 0 Å². The number of aryl methyl sites for hydroxylation is 2. The molecule has 15 heavy (non-hydrogen) atoms. The topological polar surface area (TPSA) is 29.1 Å². The molecule has 1 aromatic rings. The van der Waals surface area contributed by atoms with E-state index in [0.29, 0.717) is 6.54 Å². The number of Topliss-reactive ketones (excluding diaryl/α,β-unsaturated/α-hetero) is 1. The fourth-order valence-corrected chi connectivity index (χ4v) is 1.88. The van der Waals surface area contributed by atoms with Crippen molar-refractivity contribution in [3.8, 4) is 0 Å². The molecule has 1 N–H and O–H groups in total. The summed E-state index contributed by atoms with van der Waals surface area (Å²) in [5.41, 5.74) is 5.49. The van der Waals surface area contributed by atoms with Gasteiger partial charge in [0.05, 0.1) is 6.54 Å². The molecule has 0 atom stereocenters. The molecule has 0 aromatic heterocycles. The van der Waals surface area contributed by atoms with Crippen molar-refractivity contribution in [2.45, 2.75) is 27.7 Å². The maximum Gasteiger partial charge on any atom is 0.177 e.